The molecule has 0 saturated heterocycles. The first-order valence-corrected chi connectivity index (χ1v) is 8.40. The fraction of sp³-hybridized carbons (Fsp3) is 0.588. The average molecular weight is 356 g/mol. The molecule has 1 aromatic carbocycles. The Kier molecular flexibility index (Phi) is 5.55. The van der Waals surface area contributed by atoms with Crippen molar-refractivity contribution < 1.29 is 9.18 Å². The third-order valence-electron chi connectivity index (χ3n) is 4.67. The Morgan fingerprint density at radius 2 is 1.86 bits per heavy atom. The van der Waals surface area contributed by atoms with E-state index in [0.717, 1.165) is 25.7 Å². The summed E-state index contributed by atoms with van der Waals surface area (Å²) in [4.78, 5) is 15.0. The standard InChI is InChI=1S/C17H23BrFNO/c1-20(2)17(9-5-3-4-6-10-17)16(21)11-13-7-8-14(18)12-15(13)19/h7-8,12H,3-6,9-11H2,1-2H3. The molecule has 21 heavy (non-hydrogen) atoms. The first-order valence-electron chi connectivity index (χ1n) is 7.60. The van der Waals surface area contributed by atoms with Gasteiger partial charge in [0, 0.05) is 10.9 Å². The first kappa shape index (κ1) is 16.6. The van der Waals surface area contributed by atoms with Gasteiger partial charge in [-0.05, 0) is 44.6 Å². The molecule has 116 valence electrons. The number of carbonyl (C=O) groups is 1. The van der Waals surface area contributed by atoms with E-state index in [1.165, 1.54) is 18.9 Å². The minimum atomic E-state index is -0.421. The van der Waals surface area contributed by atoms with Gasteiger partial charge in [0.25, 0.3) is 0 Å². The van der Waals surface area contributed by atoms with Crippen molar-refractivity contribution in [1.29, 1.82) is 0 Å². The summed E-state index contributed by atoms with van der Waals surface area (Å²) in [5, 5.41) is 0. The zero-order valence-electron chi connectivity index (χ0n) is 12.8. The molecule has 2 rings (SSSR count). The van der Waals surface area contributed by atoms with Crippen LogP contribution in [-0.2, 0) is 11.2 Å². The zero-order chi connectivity index (χ0) is 15.5. The molecule has 1 aliphatic rings. The lowest BCUT2D eigenvalue weighted by atomic mass is 9.82. The largest absolute Gasteiger partial charge is 0.297 e. The quantitative estimate of drug-likeness (QED) is 0.748. The van der Waals surface area contributed by atoms with E-state index in [4.69, 9.17) is 0 Å². The number of nitrogens with zero attached hydrogens (tertiary/aromatic N) is 1. The number of hydrogen-bond acceptors (Lipinski definition) is 2. The summed E-state index contributed by atoms with van der Waals surface area (Å²) >= 11 is 3.25. The molecule has 0 bridgehead atoms. The summed E-state index contributed by atoms with van der Waals surface area (Å²) < 4.78 is 14.7. The van der Waals surface area contributed by atoms with Gasteiger partial charge in [0.1, 0.15) is 5.82 Å². The minimum Gasteiger partial charge on any atom is -0.297 e. The van der Waals surface area contributed by atoms with E-state index in [9.17, 15) is 9.18 Å². The van der Waals surface area contributed by atoms with E-state index >= 15 is 0 Å². The number of ketones is 1. The van der Waals surface area contributed by atoms with Crippen LogP contribution >= 0.6 is 15.9 Å². The van der Waals surface area contributed by atoms with E-state index in [2.05, 4.69) is 20.8 Å². The van der Waals surface area contributed by atoms with Gasteiger partial charge in [-0.15, -0.1) is 0 Å². The minimum absolute atomic E-state index is 0.149. The van der Waals surface area contributed by atoms with Gasteiger partial charge >= 0.3 is 0 Å². The Morgan fingerprint density at radius 1 is 1.24 bits per heavy atom. The highest BCUT2D eigenvalue weighted by Crippen LogP contribution is 2.33. The van der Waals surface area contributed by atoms with Crippen LogP contribution in [0.15, 0.2) is 22.7 Å². The third-order valence-corrected chi connectivity index (χ3v) is 5.17. The lowest BCUT2D eigenvalue weighted by molar-refractivity contribution is -0.130. The number of Topliss-reactive ketones (excluding diaryl/α,β-unsaturated/α-hetero) is 1. The van der Waals surface area contributed by atoms with Crippen LogP contribution in [-0.4, -0.2) is 30.3 Å². The zero-order valence-corrected chi connectivity index (χ0v) is 14.4. The van der Waals surface area contributed by atoms with Crippen LogP contribution in [0.4, 0.5) is 4.39 Å². The molecule has 0 heterocycles. The van der Waals surface area contributed by atoms with Crippen molar-refractivity contribution in [3.63, 3.8) is 0 Å². The van der Waals surface area contributed by atoms with Crippen molar-refractivity contribution >= 4 is 21.7 Å². The lowest BCUT2D eigenvalue weighted by Gasteiger charge is -2.38. The molecule has 0 spiro atoms. The second-order valence-electron chi connectivity index (χ2n) is 6.18. The maximum absolute atomic E-state index is 14.0. The summed E-state index contributed by atoms with van der Waals surface area (Å²) in [7, 11) is 3.95. The van der Waals surface area contributed by atoms with Crippen molar-refractivity contribution in [2.45, 2.75) is 50.5 Å². The molecule has 0 N–H and O–H groups in total. The molecule has 0 amide bonds. The molecule has 1 fully saturated rings. The molecule has 0 radical (unpaired) electrons. The lowest BCUT2D eigenvalue weighted by Crippen LogP contribution is -2.51. The van der Waals surface area contributed by atoms with Crippen LogP contribution in [0, 0.1) is 5.82 Å². The van der Waals surface area contributed by atoms with Crippen LogP contribution in [0.2, 0.25) is 0 Å². The molecule has 0 unspecified atom stereocenters. The van der Waals surface area contributed by atoms with E-state index < -0.39 is 5.54 Å². The number of rotatable bonds is 4. The second kappa shape index (κ2) is 7.01. The van der Waals surface area contributed by atoms with Crippen LogP contribution in [0.1, 0.15) is 44.1 Å². The normalized spacial score (nSPS) is 18.5. The third kappa shape index (κ3) is 3.72. The summed E-state index contributed by atoms with van der Waals surface area (Å²) in [6.07, 6.45) is 6.48. The molecular weight excluding hydrogens is 333 g/mol. The van der Waals surface area contributed by atoms with Gasteiger partial charge in [0.15, 0.2) is 5.78 Å². The predicted molar refractivity (Wildman–Crippen MR) is 86.9 cm³/mol. The average Bonchev–Trinajstić information content (AvgIpc) is 2.68. The number of likely N-dealkylation sites (N-methyl/N-ethyl adjacent to an activating group) is 1. The van der Waals surface area contributed by atoms with Crippen LogP contribution < -0.4 is 0 Å². The van der Waals surface area contributed by atoms with Gasteiger partial charge < -0.3 is 0 Å². The van der Waals surface area contributed by atoms with Gasteiger partial charge in [-0.1, -0.05) is 47.7 Å². The Hall–Kier alpha value is -0.740. The monoisotopic (exact) mass is 355 g/mol. The molecule has 0 aromatic heterocycles. The number of hydrogen-bond donors (Lipinski definition) is 0. The van der Waals surface area contributed by atoms with Crippen molar-refractivity contribution in [3.05, 3.63) is 34.1 Å². The van der Waals surface area contributed by atoms with Gasteiger partial charge in [-0.2, -0.15) is 0 Å². The van der Waals surface area contributed by atoms with E-state index in [0.29, 0.717) is 10.0 Å². The van der Waals surface area contributed by atoms with Crippen LogP contribution in [0.3, 0.4) is 0 Å². The summed E-state index contributed by atoms with van der Waals surface area (Å²) in [6, 6.07) is 4.93. The van der Waals surface area contributed by atoms with Gasteiger partial charge in [0.05, 0.1) is 5.54 Å². The van der Waals surface area contributed by atoms with E-state index in [1.807, 2.05) is 14.1 Å². The highest BCUT2D eigenvalue weighted by atomic mass is 79.9. The smallest absolute Gasteiger partial charge is 0.157 e. The molecule has 0 aliphatic heterocycles. The fourth-order valence-electron chi connectivity index (χ4n) is 3.29. The van der Waals surface area contributed by atoms with Gasteiger partial charge in [-0.25, -0.2) is 4.39 Å². The molecule has 1 saturated carbocycles. The fourth-order valence-corrected chi connectivity index (χ4v) is 3.62. The van der Waals surface area contributed by atoms with Gasteiger partial charge in [0.2, 0.25) is 0 Å². The molecule has 1 aliphatic carbocycles. The summed E-state index contributed by atoms with van der Waals surface area (Å²) in [5.74, 6) is -0.157. The van der Waals surface area contributed by atoms with Gasteiger partial charge in [-0.3, -0.25) is 9.69 Å². The highest BCUT2D eigenvalue weighted by Gasteiger charge is 2.40. The topological polar surface area (TPSA) is 20.3 Å². The number of benzene rings is 1. The Labute approximate surface area is 134 Å². The number of carbonyl (C=O) groups excluding carboxylic acids is 1. The van der Waals surface area contributed by atoms with Crippen molar-refractivity contribution in [2.24, 2.45) is 0 Å². The predicted octanol–water partition coefficient (Wildman–Crippen LogP) is 4.35. The van der Waals surface area contributed by atoms with Crippen molar-refractivity contribution in [1.82, 2.24) is 4.90 Å². The maximum atomic E-state index is 14.0. The molecule has 0 atom stereocenters. The maximum Gasteiger partial charge on any atom is 0.157 e. The highest BCUT2D eigenvalue weighted by molar-refractivity contribution is 9.10. The van der Waals surface area contributed by atoms with Crippen LogP contribution in [0.25, 0.3) is 0 Å². The SMILES string of the molecule is CN(C)C1(C(=O)Cc2ccc(Br)cc2F)CCCCCC1. The Bertz CT molecular complexity index is 508. The summed E-state index contributed by atoms with van der Waals surface area (Å²) in [5.41, 5.74) is 0.0735. The Morgan fingerprint density at radius 3 is 2.38 bits per heavy atom. The Balaban J connectivity index is 2.22. The number of halogens is 2. The second-order valence-corrected chi connectivity index (χ2v) is 7.09. The van der Waals surface area contributed by atoms with E-state index in [1.54, 1.807) is 12.1 Å². The van der Waals surface area contributed by atoms with Crippen molar-refractivity contribution in [2.75, 3.05) is 14.1 Å². The first-order chi connectivity index (χ1) is 9.95. The molecular formula is C17H23BrFNO. The molecule has 2 nitrogen and oxygen atoms in total. The van der Waals surface area contributed by atoms with Crippen molar-refractivity contribution in [3.8, 4) is 0 Å². The van der Waals surface area contributed by atoms with E-state index in [-0.39, 0.29) is 18.0 Å². The summed E-state index contributed by atoms with van der Waals surface area (Å²) in [6.45, 7) is 0. The molecule has 4 heteroatoms. The van der Waals surface area contributed by atoms with Crippen LogP contribution in [0.5, 0.6) is 0 Å². The molecule has 1 aromatic rings.